The molecule has 0 atom stereocenters. The lowest BCUT2D eigenvalue weighted by Crippen LogP contribution is -2.34. The molecule has 2 aromatic carbocycles. The minimum atomic E-state index is -0.256. The van der Waals surface area contributed by atoms with Gasteiger partial charge in [-0.2, -0.15) is 0 Å². The highest BCUT2D eigenvalue weighted by molar-refractivity contribution is 9.10. The molecule has 0 saturated heterocycles. The van der Waals surface area contributed by atoms with E-state index in [-0.39, 0.29) is 11.4 Å². The quantitative estimate of drug-likeness (QED) is 0.862. The van der Waals surface area contributed by atoms with Crippen LogP contribution < -0.4 is 14.8 Å². The summed E-state index contributed by atoms with van der Waals surface area (Å²) in [6.45, 7) is 0. The molecule has 0 bridgehead atoms. The number of hydrogen-bond donors (Lipinski definition) is 1. The third-order valence-electron chi connectivity index (χ3n) is 4.11. The molecular weight excluding hydrogens is 358 g/mol. The monoisotopic (exact) mass is 375 g/mol. The smallest absolute Gasteiger partial charge is 0.252 e. The van der Waals surface area contributed by atoms with E-state index >= 15 is 0 Å². The fourth-order valence-corrected chi connectivity index (χ4v) is 2.87. The summed E-state index contributed by atoms with van der Waals surface area (Å²) in [5.41, 5.74) is 1.40. The highest BCUT2D eigenvalue weighted by Crippen LogP contribution is 2.46. The van der Waals surface area contributed by atoms with Crippen molar-refractivity contribution in [2.45, 2.75) is 18.4 Å². The molecule has 1 N–H and O–H groups in total. The van der Waals surface area contributed by atoms with Crippen molar-refractivity contribution in [2.24, 2.45) is 0 Å². The van der Waals surface area contributed by atoms with E-state index in [9.17, 15) is 4.79 Å². The standard InChI is InChI=1S/C18H18BrNO3/c1-22-15-9-12(10-16(11-15)23-2)17(21)20-18(7-8-18)13-3-5-14(19)6-4-13/h3-6,9-11H,7-8H2,1-2H3,(H,20,21). The molecule has 3 rings (SSSR count). The zero-order valence-electron chi connectivity index (χ0n) is 13.1. The van der Waals surface area contributed by atoms with Gasteiger partial charge in [-0.1, -0.05) is 28.1 Å². The van der Waals surface area contributed by atoms with Gasteiger partial charge >= 0.3 is 0 Å². The molecule has 4 nitrogen and oxygen atoms in total. The molecule has 0 radical (unpaired) electrons. The second-order valence-electron chi connectivity index (χ2n) is 5.64. The maximum absolute atomic E-state index is 12.6. The first-order valence-electron chi connectivity index (χ1n) is 7.38. The number of halogens is 1. The Morgan fingerprint density at radius 3 is 2.09 bits per heavy atom. The minimum Gasteiger partial charge on any atom is -0.497 e. The SMILES string of the molecule is COc1cc(OC)cc(C(=O)NC2(c3ccc(Br)cc3)CC2)c1. The second kappa shape index (κ2) is 6.24. The summed E-state index contributed by atoms with van der Waals surface area (Å²) in [5, 5.41) is 3.16. The Kier molecular flexibility index (Phi) is 4.31. The number of methoxy groups -OCH3 is 2. The number of carbonyl (C=O) groups is 1. The molecule has 1 fully saturated rings. The maximum Gasteiger partial charge on any atom is 0.252 e. The number of amides is 1. The molecule has 0 unspecified atom stereocenters. The van der Waals surface area contributed by atoms with Gasteiger partial charge in [-0.15, -0.1) is 0 Å². The second-order valence-corrected chi connectivity index (χ2v) is 6.56. The van der Waals surface area contributed by atoms with Crippen LogP contribution in [-0.4, -0.2) is 20.1 Å². The van der Waals surface area contributed by atoms with Crippen molar-refractivity contribution in [2.75, 3.05) is 14.2 Å². The van der Waals surface area contributed by atoms with E-state index in [4.69, 9.17) is 9.47 Å². The first kappa shape index (κ1) is 15.9. The molecule has 23 heavy (non-hydrogen) atoms. The highest BCUT2D eigenvalue weighted by atomic mass is 79.9. The first-order valence-corrected chi connectivity index (χ1v) is 8.17. The summed E-state index contributed by atoms with van der Waals surface area (Å²) in [6, 6.07) is 13.3. The van der Waals surface area contributed by atoms with E-state index < -0.39 is 0 Å². The van der Waals surface area contributed by atoms with Crippen LogP contribution in [0, 0.1) is 0 Å². The fraction of sp³-hybridized carbons (Fsp3) is 0.278. The van der Waals surface area contributed by atoms with Crippen LogP contribution in [0.5, 0.6) is 11.5 Å². The van der Waals surface area contributed by atoms with Crippen molar-refractivity contribution >= 4 is 21.8 Å². The van der Waals surface area contributed by atoms with Gasteiger partial charge in [-0.3, -0.25) is 4.79 Å². The summed E-state index contributed by atoms with van der Waals surface area (Å²) >= 11 is 3.44. The van der Waals surface area contributed by atoms with Crippen LogP contribution in [0.2, 0.25) is 0 Å². The summed E-state index contributed by atoms with van der Waals surface area (Å²) in [6.07, 6.45) is 1.89. The summed E-state index contributed by atoms with van der Waals surface area (Å²) in [4.78, 5) is 12.6. The van der Waals surface area contributed by atoms with Crippen LogP contribution in [0.25, 0.3) is 0 Å². The van der Waals surface area contributed by atoms with Gasteiger partial charge in [0.2, 0.25) is 0 Å². The molecule has 1 aliphatic carbocycles. The van der Waals surface area contributed by atoms with Gasteiger partial charge in [-0.25, -0.2) is 0 Å². The molecule has 2 aromatic rings. The minimum absolute atomic E-state index is 0.123. The number of ether oxygens (including phenoxy) is 2. The highest BCUT2D eigenvalue weighted by Gasteiger charge is 2.45. The number of hydrogen-bond acceptors (Lipinski definition) is 3. The van der Waals surface area contributed by atoms with Gasteiger partial charge < -0.3 is 14.8 Å². The predicted octanol–water partition coefficient (Wildman–Crippen LogP) is 3.89. The normalized spacial score (nSPS) is 14.9. The molecule has 0 aromatic heterocycles. The van der Waals surface area contributed by atoms with Crippen LogP contribution in [0.3, 0.4) is 0 Å². The molecular formula is C18H18BrNO3. The van der Waals surface area contributed by atoms with Crippen LogP contribution >= 0.6 is 15.9 Å². The third kappa shape index (κ3) is 3.34. The lowest BCUT2D eigenvalue weighted by Gasteiger charge is -2.18. The van der Waals surface area contributed by atoms with Gasteiger partial charge in [0.05, 0.1) is 19.8 Å². The van der Waals surface area contributed by atoms with E-state index in [2.05, 4.69) is 21.2 Å². The Balaban J connectivity index is 1.83. The van der Waals surface area contributed by atoms with Gasteiger partial charge in [0.1, 0.15) is 11.5 Å². The Morgan fingerprint density at radius 1 is 1.04 bits per heavy atom. The topological polar surface area (TPSA) is 47.6 Å². The summed E-state index contributed by atoms with van der Waals surface area (Å²) in [7, 11) is 3.14. The number of carbonyl (C=O) groups excluding carboxylic acids is 1. The van der Waals surface area contributed by atoms with Crippen molar-refractivity contribution in [1.29, 1.82) is 0 Å². The number of nitrogens with one attached hydrogen (secondary N) is 1. The molecule has 0 aliphatic heterocycles. The molecule has 0 heterocycles. The number of benzene rings is 2. The van der Waals surface area contributed by atoms with Gasteiger partial charge in [0.25, 0.3) is 5.91 Å². The Morgan fingerprint density at radius 2 is 1.61 bits per heavy atom. The zero-order valence-corrected chi connectivity index (χ0v) is 14.6. The van der Waals surface area contributed by atoms with E-state index in [0.717, 1.165) is 22.9 Å². The Labute approximate surface area is 143 Å². The van der Waals surface area contributed by atoms with Crippen molar-refractivity contribution in [1.82, 2.24) is 5.32 Å². The summed E-state index contributed by atoms with van der Waals surface area (Å²) < 4.78 is 11.5. The molecule has 1 amide bonds. The van der Waals surface area contributed by atoms with Crippen LogP contribution in [0.1, 0.15) is 28.8 Å². The van der Waals surface area contributed by atoms with E-state index in [0.29, 0.717) is 17.1 Å². The van der Waals surface area contributed by atoms with Gasteiger partial charge in [-0.05, 0) is 42.7 Å². The van der Waals surface area contributed by atoms with Crippen LogP contribution in [0.4, 0.5) is 0 Å². The third-order valence-corrected chi connectivity index (χ3v) is 4.64. The van der Waals surface area contributed by atoms with E-state index in [1.807, 2.05) is 24.3 Å². The van der Waals surface area contributed by atoms with Crippen molar-refractivity contribution in [3.05, 3.63) is 58.1 Å². The molecule has 5 heteroatoms. The average molecular weight is 376 g/mol. The van der Waals surface area contributed by atoms with Gasteiger partial charge in [0.15, 0.2) is 0 Å². The largest absolute Gasteiger partial charge is 0.497 e. The predicted molar refractivity (Wildman–Crippen MR) is 92.1 cm³/mol. The van der Waals surface area contributed by atoms with Crippen LogP contribution in [0.15, 0.2) is 46.9 Å². The summed E-state index contributed by atoms with van der Waals surface area (Å²) in [5.74, 6) is 1.08. The lowest BCUT2D eigenvalue weighted by molar-refractivity contribution is 0.0930. The van der Waals surface area contributed by atoms with Crippen molar-refractivity contribution < 1.29 is 14.3 Å². The van der Waals surface area contributed by atoms with Crippen LogP contribution in [-0.2, 0) is 5.54 Å². The van der Waals surface area contributed by atoms with Crippen molar-refractivity contribution in [3.63, 3.8) is 0 Å². The first-order chi connectivity index (χ1) is 11.1. The van der Waals surface area contributed by atoms with Gasteiger partial charge in [0, 0.05) is 16.1 Å². The average Bonchev–Trinajstić information content (AvgIpc) is 3.35. The fourth-order valence-electron chi connectivity index (χ4n) is 2.61. The molecule has 120 valence electrons. The van der Waals surface area contributed by atoms with E-state index in [1.54, 1.807) is 32.4 Å². The molecule has 1 saturated carbocycles. The molecule has 1 aliphatic rings. The zero-order chi connectivity index (χ0) is 16.4. The number of rotatable bonds is 5. The Hall–Kier alpha value is -2.01. The van der Waals surface area contributed by atoms with Crippen molar-refractivity contribution in [3.8, 4) is 11.5 Å². The lowest BCUT2D eigenvalue weighted by atomic mass is 10.0. The molecule has 0 spiro atoms. The van der Waals surface area contributed by atoms with E-state index in [1.165, 1.54) is 0 Å². The maximum atomic E-state index is 12.6. The Bertz CT molecular complexity index is 701.